The quantitative estimate of drug-likeness (QED) is 0.840. The SMILES string of the molecule is C=CC12COC(c3ccccc3)OC1C(C)C(O)CO2. The molecule has 2 aliphatic rings. The molecule has 3 rings (SSSR count). The summed E-state index contributed by atoms with van der Waals surface area (Å²) >= 11 is 0. The molecular formula is C16H20O4. The van der Waals surface area contributed by atoms with Crippen LogP contribution < -0.4 is 0 Å². The Kier molecular flexibility index (Phi) is 3.65. The van der Waals surface area contributed by atoms with Crippen molar-refractivity contribution in [2.45, 2.75) is 31.0 Å². The molecule has 1 aromatic rings. The molecule has 0 bridgehead atoms. The van der Waals surface area contributed by atoms with E-state index in [1.807, 2.05) is 37.3 Å². The predicted molar refractivity (Wildman–Crippen MR) is 74.1 cm³/mol. The number of fused-ring (bicyclic) bond motifs is 1. The molecule has 2 heterocycles. The third-order valence-corrected chi connectivity index (χ3v) is 4.24. The van der Waals surface area contributed by atoms with Crippen molar-refractivity contribution in [2.75, 3.05) is 13.2 Å². The van der Waals surface area contributed by atoms with Crippen LogP contribution in [0.2, 0.25) is 0 Å². The Labute approximate surface area is 119 Å². The molecule has 5 atom stereocenters. The van der Waals surface area contributed by atoms with Gasteiger partial charge in [-0.15, -0.1) is 6.58 Å². The first-order valence-corrected chi connectivity index (χ1v) is 6.94. The Hall–Kier alpha value is -1.20. The minimum absolute atomic E-state index is 0.0307. The molecule has 2 saturated heterocycles. The van der Waals surface area contributed by atoms with Gasteiger partial charge in [0.1, 0.15) is 11.7 Å². The van der Waals surface area contributed by atoms with Crippen molar-refractivity contribution in [3.8, 4) is 0 Å². The molecule has 4 heteroatoms. The van der Waals surface area contributed by atoms with Gasteiger partial charge in [-0.25, -0.2) is 0 Å². The molecular weight excluding hydrogens is 256 g/mol. The Bertz CT molecular complexity index is 475. The van der Waals surface area contributed by atoms with E-state index in [-0.39, 0.29) is 18.6 Å². The molecule has 20 heavy (non-hydrogen) atoms. The molecule has 1 N–H and O–H groups in total. The largest absolute Gasteiger partial charge is 0.390 e. The zero-order chi connectivity index (χ0) is 14.2. The molecule has 5 unspecified atom stereocenters. The number of benzene rings is 1. The van der Waals surface area contributed by atoms with Crippen LogP contribution in [0.15, 0.2) is 43.0 Å². The first-order valence-electron chi connectivity index (χ1n) is 6.94. The normalized spacial score (nSPS) is 40.9. The Morgan fingerprint density at radius 3 is 2.80 bits per heavy atom. The topological polar surface area (TPSA) is 47.9 Å². The molecule has 0 amide bonds. The summed E-state index contributed by atoms with van der Waals surface area (Å²) in [5.41, 5.74) is 0.307. The number of hydrogen-bond donors (Lipinski definition) is 1. The zero-order valence-corrected chi connectivity index (χ0v) is 11.6. The van der Waals surface area contributed by atoms with Crippen LogP contribution in [0.4, 0.5) is 0 Å². The molecule has 0 radical (unpaired) electrons. The second-order valence-electron chi connectivity index (χ2n) is 5.51. The Balaban J connectivity index is 1.85. The first kappa shape index (κ1) is 13.8. The van der Waals surface area contributed by atoms with Gasteiger partial charge in [0, 0.05) is 11.5 Å². The molecule has 0 saturated carbocycles. The number of rotatable bonds is 2. The minimum Gasteiger partial charge on any atom is -0.390 e. The van der Waals surface area contributed by atoms with Gasteiger partial charge in [-0.1, -0.05) is 43.3 Å². The van der Waals surface area contributed by atoms with Gasteiger partial charge in [-0.2, -0.15) is 0 Å². The highest BCUT2D eigenvalue weighted by atomic mass is 16.7. The highest BCUT2D eigenvalue weighted by molar-refractivity contribution is 5.18. The fraction of sp³-hybridized carbons (Fsp3) is 0.500. The summed E-state index contributed by atoms with van der Waals surface area (Å²) in [4.78, 5) is 0. The maximum Gasteiger partial charge on any atom is 0.184 e. The van der Waals surface area contributed by atoms with E-state index in [9.17, 15) is 5.11 Å². The van der Waals surface area contributed by atoms with Crippen LogP contribution in [-0.2, 0) is 14.2 Å². The molecule has 2 aliphatic heterocycles. The zero-order valence-electron chi connectivity index (χ0n) is 11.6. The van der Waals surface area contributed by atoms with Crippen LogP contribution in [0.25, 0.3) is 0 Å². The van der Waals surface area contributed by atoms with Gasteiger partial charge in [0.2, 0.25) is 0 Å². The summed E-state index contributed by atoms with van der Waals surface area (Å²) in [6.45, 7) is 6.50. The van der Waals surface area contributed by atoms with E-state index < -0.39 is 18.0 Å². The van der Waals surface area contributed by atoms with E-state index >= 15 is 0 Å². The van der Waals surface area contributed by atoms with E-state index in [1.165, 1.54) is 0 Å². The molecule has 4 nitrogen and oxygen atoms in total. The Morgan fingerprint density at radius 2 is 2.10 bits per heavy atom. The highest BCUT2D eigenvalue weighted by Crippen LogP contribution is 2.41. The van der Waals surface area contributed by atoms with Crippen molar-refractivity contribution >= 4 is 0 Å². The summed E-state index contributed by atoms with van der Waals surface area (Å²) in [6.07, 6.45) is 0.525. The summed E-state index contributed by atoms with van der Waals surface area (Å²) in [5, 5.41) is 10.0. The summed E-state index contributed by atoms with van der Waals surface area (Å²) in [5.74, 6) is -0.0307. The van der Waals surface area contributed by atoms with Gasteiger partial charge in [0.25, 0.3) is 0 Å². The van der Waals surface area contributed by atoms with Crippen molar-refractivity contribution in [2.24, 2.45) is 5.92 Å². The molecule has 108 valence electrons. The lowest BCUT2D eigenvalue weighted by Gasteiger charge is -2.50. The summed E-state index contributed by atoms with van der Waals surface area (Å²) in [6, 6.07) is 9.79. The lowest BCUT2D eigenvalue weighted by Crippen LogP contribution is -2.62. The molecule has 1 aromatic carbocycles. The fourth-order valence-corrected chi connectivity index (χ4v) is 2.88. The van der Waals surface area contributed by atoms with Crippen LogP contribution in [-0.4, -0.2) is 36.1 Å². The van der Waals surface area contributed by atoms with E-state index in [1.54, 1.807) is 6.08 Å². The number of aliphatic hydroxyl groups excluding tert-OH is 1. The average molecular weight is 276 g/mol. The van der Waals surface area contributed by atoms with Crippen LogP contribution in [0.3, 0.4) is 0 Å². The van der Waals surface area contributed by atoms with E-state index in [0.29, 0.717) is 6.61 Å². The second kappa shape index (κ2) is 5.30. The lowest BCUT2D eigenvalue weighted by molar-refractivity contribution is -0.328. The molecule has 0 aliphatic carbocycles. The third kappa shape index (κ3) is 2.19. The van der Waals surface area contributed by atoms with Gasteiger partial charge in [0.15, 0.2) is 6.29 Å². The Morgan fingerprint density at radius 1 is 1.35 bits per heavy atom. The monoisotopic (exact) mass is 276 g/mol. The second-order valence-corrected chi connectivity index (χ2v) is 5.51. The van der Waals surface area contributed by atoms with Crippen molar-refractivity contribution in [3.63, 3.8) is 0 Å². The van der Waals surface area contributed by atoms with Crippen molar-refractivity contribution in [3.05, 3.63) is 48.6 Å². The van der Waals surface area contributed by atoms with E-state index in [2.05, 4.69) is 6.58 Å². The highest BCUT2D eigenvalue weighted by Gasteiger charge is 2.52. The number of ether oxygens (including phenoxy) is 3. The molecule has 2 fully saturated rings. The van der Waals surface area contributed by atoms with Crippen LogP contribution >= 0.6 is 0 Å². The smallest absolute Gasteiger partial charge is 0.184 e. The average Bonchev–Trinajstić information content (AvgIpc) is 2.52. The molecule has 0 aromatic heterocycles. The van der Waals surface area contributed by atoms with Gasteiger partial charge in [0.05, 0.1) is 19.3 Å². The maximum absolute atomic E-state index is 10.0. The molecule has 0 spiro atoms. The van der Waals surface area contributed by atoms with Crippen LogP contribution in [0.1, 0.15) is 18.8 Å². The van der Waals surface area contributed by atoms with Crippen molar-refractivity contribution in [1.82, 2.24) is 0 Å². The van der Waals surface area contributed by atoms with Gasteiger partial charge in [-0.3, -0.25) is 0 Å². The van der Waals surface area contributed by atoms with Gasteiger partial charge < -0.3 is 19.3 Å². The van der Waals surface area contributed by atoms with Crippen LogP contribution in [0.5, 0.6) is 0 Å². The third-order valence-electron chi connectivity index (χ3n) is 4.24. The van der Waals surface area contributed by atoms with Crippen LogP contribution in [0, 0.1) is 5.92 Å². The van der Waals surface area contributed by atoms with E-state index in [0.717, 1.165) is 5.56 Å². The van der Waals surface area contributed by atoms with Gasteiger partial charge in [-0.05, 0) is 0 Å². The summed E-state index contributed by atoms with van der Waals surface area (Å²) < 4.78 is 17.7. The maximum atomic E-state index is 10.0. The lowest BCUT2D eigenvalue weighted by atomic mass is 9.81. The van der Waals surface area contributed by atoms with E-state index in [4.69, 9.17) is 14.2 Å². The predicted octanol–water partition coefficient (Wildman–Crippen LogP) is 2.05. The number of hydrogen-bond acceptors (Lipinski definition) is 4. The minimum atomic E-state index is -0.663. The first-order chi connectivity index (χ1) is 9.66. The standard InChI is InChI=1S/C16H20O4/c1-3-16-10-18-15(12-7-5-4-6-8-12)20-14(16)11(2)13(17)9-19-16/h3-8,11,13-15,17H,1,9-10H2,2H3. The fourth-order valence-electron chi connectivity index (χ4n) is 2.88. The van der Waals surface area contributed by atoms with Gasteiger partial charge >= 0.3 is 0 Å². The number of aliphatic hydroxyl groups is 1. The summed E-state index contributed by atoms with van der Waals surface area (Å²) in [7, 11) is 0. The van der Waals surface area contributed by atoms with Crippen molar-refractivity contribution < 1.29 is 19.3 Å². The van der Waals surface area contributed by atoms with Crippen molar-refractivity contribution in [1.29, 1.82) is 0 Å².